The van der Waals surface area contributed by atoms with Gasteiger partial charge in [0, 0.05) is 26.2 Å². The van der Waals surface area contributed by atoms with Crippen LogP contribution in [0.3, 0.4) is 0 Å². The van der Waals surface area contributed by atoms with Crippen LogP contribution in [-0.4, -0.2) is 62.4 Å². The highest BCUT2D eigenvalue weighted by Crippen LogP contribution is 2.24. The Labute approximate surface area is 126 Å². The van der Waals surface area contributed by atoms with Crippen LogP contribution in [0.15, 0.2) is 4.90 Å². The van der Waals surface area contributed by atoms with E-state index in [1.54, 1.807) is 11.6 Å². The second-order valence-corrected chi connectivity index (χ2v) is 7.07. The maximum atomic E-state index is 12.9. The van der Waals surface area contributed by atoms with E-state index in [4.69, 9.17) is 4.74 Å². The largest absolute Gasteiger partial charge is 0.380 e. The standard InChI is InChI=1S/C13H24N4O3S/c1-11-13(12(2)17(15-11)7-5-14-3)21(18,19)16-6-4-9-20-10-8-16/h14H,4-10H2,1-3H3. The van der Waals surface area contributed by atoms with Crippen molar-refractivity contribution in [3.63, 3.8) is 0 Å². The molecule has 0 spiro atoms. The Morgan fingerprint density at radius 2 is 2.05 bits per heavy atom. The first-order chi connectivity index (χ1) is 9.98. The van der Waals surface area contributed by atoms with Gasteiger partial charge < -0.3 is 10.1 Å². The highest BCUT2D eigenvalue weighted by atomic mass is 32.2. The van der Waals surface area contributed by atoms with E-state index in [0.29, 0.717) is 49.1 Å². The van der Waals surface area contributed by atoms with Gasteiger partial charge in [0.2, 0.25) is 10.0 Å². The minimum Gasteiger partial charge on any atom is -0.380 e. The molecule has 8 heteroatoms. The zero-order valence-corrected chi connectivity index (χ0v) is 13.7. The summed E-state index contributed by atoms with van der Waals surface area (Å²) in [5.41, 5.74) is 1.27. The van der Waals surface area contributed by atoms with Gasteiger partial charge in [0.05, 0.1) is 24.5 Å². The van der Waals surface area contributed by atoms with Crippen LogP contribution in [0, 0.1) is 13.8 Å². The molecule has 0 unspecified atom stereocenters. The fourth-order valence-electron chi connectivity index (χ4n) is 2.58. The van der Waals surface area contributed by atoms with Crippen LogP contribution in [0.4, 0.5) is 0 Å². The Bertz CT molecular complexity index is 574. The molecule has 0 saturated carbocycles. The SMILES string of the molecule is CNCCn1nc(C)c(S(=O)(=O)N2CCCOCC2)c1C. The molecule has 0 amide bonds. The molecular weight excluding hydrogens is 292 g/mol. The smallest absolute Gasteiger partial charge is 0.246 e. The number of hydrogen-bond acceptors (Lipinski definition) is 5. The third-order valence-corrected chi connectivity index (χ3v) is 5.82. The lowest BCUT2D eigenvalue weighted by atomic mass is 10.4. The number of aromatic nitrogens is 2. The summed E-state index contributed by atoms with van der Waals surface area (Å²) >= 11 is 0. The second kappa shape index (κ2) is 6.87. The highest BCUT2D eigenvalue weighted by Gasteiger charge is 2.31. The molecule has 1 saturated heterocycles. The fourth-order valence-corrected chi connectivity index (χ4v) is 4.42. The zero-order chi connectivity index (χ0) is 15.5. The summed E-state index contributed by atoms with van der Waals surface area (Å²) in [6, 6.07) is 0. The van der Waals surface area contributed by atoms with Gasteiger partial charge in [-0.25, -0.2) is 8.42 Å². The first-order valence-electron chi connectivity index (χ1n) is 7.25. The van der Waals surface area contributed by atoms with Gasteiger partial charge >= 0.3 is 0 Å². The molecule has 0 aromatic carbocycles. The molecule has 2 heterocycles. The van der Waals surface area contributed by atoms with E-state index < -0.39 is 10.0 Å². The number of sulfonamides is 1. The molecule has 1 aliphatic heterocycles. The minimum absolute atomic E-state index is 0.348. The van der Waals surface area contributed by atoms with Crippen LogP contribution in [0.1, 0.15) is 17.8 Å². The summed E-state index contributed by atoms with van der Waals surface area (Å²) in [5, 5.41) is 7.42. The van der Waals surface area contributed by atoms with E-state index in [9.17, 15) is 8.42 Å². The zero-order valence-electron chi connectivity index (χ0n) is 12.9. The van der Waals surface area contributed by atoms with Crippen molar-refractivity contribution in [1.82, 2.24) is 19.4 Å². The van der Waals surface area contributed by atoms with Gasteiger partial charge in [0.1, 0.15) is 4.90 Å². The quantitative estimate of drug-likeness (QED) is 0.835. The van der Waals surface area contributed by atoms with Crippen molar-refractivity contribution in [3.05, 3.63) is 11.4 Å². The van der Waals surface area contributed by atoms with E-state index in [0.717, 1.165) is 13.0 Å². The van der Waals surface area contributed by atoms with Crippen LogP contribution in [-0.2, 0) is 21.3 Å². The molecule has 0 radical (unpaired) electrons. The molecule has 1 aromatic rings. The van der Waals surface area contributed by atoms with Crippen molar-refractivity contribution in [1.29, 1.82) is 0 Å². The maximum Gasteiger partial charge on any atom is 0.246 e. The van der Waals surface area contributed by atoms with E-state index in [1.165, 1.54) is 4.31 Å². The van der Waals surface area contributed by atoms with Crippen LogP contribution in [0.5, 0.6) is 0 Å². The van der Waals surface area contributed by atoms with Crippen molar-refractivity contribution < 1.29 is 13.2 Å². The summed E-state index contributed by atoms with van der Waals surface area (Å²) < 4.78 is 34.4. The minimum atomic E-state index is -3.50. The third-order valence-electron chi connectivity index (χ3n) is 3.67. The number of ether oxygens (including phenoxy) is 1. The summed E-state index contributed by atoms with van der Waals surface area (Å²) in [6.07, 6.45) is 0.727. The van der Waals surface area contributed by atoms with Gasteiger partial charge in [-0.1, -0.05) is 0 Å². The Kier molecular flexibility index (Phi) is 5.37. The predicted octanol–water partition coefficient (Wildman–Crippen LogP) is 0.130. The molecule has 1 fully saturated rings. The third kappa shape index (κ3) is 3.45. The van der Waals surface area contributed by atoms with Crippen LogP contribution in [0.2, 0.25) is 0 Å². The molecule has 2 rings (SSSR count). The molecule has 1 aromatic heterocycles. The molecule has 1 aliphatic rings. The lowest BCUT2D eigenvalue weighted by Crippen LogP contribution is -2.34. The summed E-state index contributed by atoms with van der Waals surface area (Å²) in [6.45, 7) is 6.95. The maximum absolute atomic E-state index is 12.9. The van der Waals surface area contributed by atoms with Gasteiger partial charge in [0.25, 0.3) is 0 Å². The average molecular weight is 316 g/mol. The normalized spacial score (nSPS) is 17.9. The topological polar surface area (TPSA) is 76.5 Å². The van der Waals surface area contributed by atoms with Crippen molar-refractivity contribution >= 4 is 10.0 Å². The van der Waals surface area contributed by atoms with Crippen molar-refractivity contribution in [3.8, 4) is 0 Å². The molecule has 0 bridgehead atoms. The Morgan fingerprint density at radius 1 is 1.29 bits per heavy atom. The number of hydrogen-bond donors (Lipinski definition) is 1. The number of rotatable bonds is 5. The molecule has 1 N–H and O–H groups in total. The Morgan fingerprint density at radius 3 is 2.76 bits per heavy atom. The fraction of sp³-hybridized carbons (Fsp3) is 0.769. The van der Waals surface area contributed by atoms with Gasteiger partial charge in [-0.05, 0) is 27.3 Å². The number of nitrogens with zero attached hydrogens (tertiary/aromatic N) is 3. The second-order valence-electron chi connectivity index (χ2n) is 5.20. The van der Waals surface area contributed by atoms with Crippen molar-refractivity contribution in [2.45, 2.75) is 31.7 Å². The van der Waals surface area contributed by atoms with Crippen LogP contribution >= 0.6 is 0 Å². The van der Waals surface area contributed by atoms with Gasteiger partial charge in [-0.2, -0.15) is 9.40 Å². The molecule has 0 aliphatic carbocycles. The van der Waals surface area contributed by atoms with Gasteiger partial charge in [0.15, 0.2) is 0 Å². The first-order valence-corrected chi connectivity index (χ1v) is 8.69. The lowest BCUT2D eigenvalue weighted by molar-refractivity contribution is 0.148. The summed E-state index contributed by atoms with van der Waals surface area (Å²) in [7, 11) is -1.64. The summed E-state index contributed by atoms with van der Waals surface area (Å²) in [5.74, 6) is 0. The van der Waals surface area contributed by atoms with E-state index in [1.807, 2.05) is 14.0 Å². The van der Waals surface area contributed by atoms with Gasteiger partial charge in [-0.3, -0.25) is 4.68 Å². The monoisotopic (exact) mass is 316 g/mol. The molecular formula is C13H24N4O3S. The van der Waals surface area contributed by atoms with Crippen molar-refractivity contribution in [2.75, 3.05) is 39.9 Å². The molecule has 21 heavy (non-hydrogen) atoms. The number of aryl methyl sites for hydroxylation is 1. The Balaban J connectivity index is 2.32. The first kappa shape index (κ1) is 16.4. The van der Waals surface area contributed by atoms with E-state index in [-0.39, 0.29) is 0 Å². The summed E-state index contributed by atoms with van der Waals surface area (Å²) in [4.78, 5) is 0.348. The molecule has 120 valence electrons. The van der Waals surface area contributed by atoms with Crippen LogP contribution < -0.4 is 5.32 Å². The lowest BCUT2D eigenvalue weighted by Gasteiger charge is -2.19. The van der Waals surface area contributed by atoms with Gasteiger partial charge in [-0.15, -0.1) is 0 Å². The van der Waals surface area contributed by atoms with E-state index >= 15 is 0 Å². The number of nitrogens with one attached hydrogen (secondary N) is 1. The molecule has 7 nitrogen and oxygen atoms in total. The molecule has 0 atom stereocenters. The van der Waals surface area contributed by atoms with E-state index in [2.05, 4.69) is 10.4 Å². The van der Waals surface area contributed by atoms with Crippen molar-refractivity contribution in [2.24, 2.45) is 0 Å². The Hall–Kier alpha value is -0.960. The average Bonchev–Trinajstić information content (AvgIpc) is 2.63. The van der Waals surface area contributed by atoms with Crippen LogP contribution in [0.25, 0.3) is 0 Å². The number of likely N-dealkylation sites (N-methyl/N-ethyl adjacent to an activating group) is 1. The highest BCUT2D eigenvalue weighted by molar-refractivity contribution is 7.89. The predicted molar refractivity (Wildman–Crippen MR) is 79.8 cm³/mol.